The standard InChI is InChI=1S/C9H10BrClN2O3S/c10-9-8(12-17(15)16)7(11)5-3-1-2-4-6(5)13(9)14/h12H,1-4H2,(H,15,16)/p-1. The van der Waals surface area contributed by atoms with Crippen molar-refractivity contribution in [3.63, 3.8) is 0 Å². The summed E-state index contributed by atoms with van der Waals surface area (Å²) in [6.45, 7) is 0. The van der Waals surface area contributed by atoms with Gasteiger partial charge in [-0.25, -0.2) is 0 Å². The molecule has 0 radical (unpaired) electrons. The molecule has 0 spiro atoms. The van der Waals surface area contributed by atoms with Crippen molar-refractivity contribution in [2.24, 2.45) is 0 Å². The maximum Gasteiger partial charge on any atom is 0.285 e. The van der Waals surface area contributed by atoms with Crippen molar-refractivity contribution < 1.29 is 13.5 Å². The fourth-order valence-electron chi connectivity index (χ4n) is 1.98. The van der Waals surface area contributed by atoms with E-state index in [2.05, 4.69) is 20.7 Å². The molecule has 1 heterocycles. The lowest BCUT2D eigenvalue weighted by molar-refractivity contribution is -0.625. The Balaban J connectivity index is 2.61. The molecular formula is C9H9BrClN2O3S-. The van der Waals surface area contributed by atoms with Gasteiger partial charge in [0.15, 0.2) is 5.69 Å². The zero-order chi connectivity index (χ0) is 12.6. The highest BCUT2D eigenvalue weighted by molar-refractivity contribution is 9.10. The monoisotopic (exact) mass is 339 g/mol. The van der Waals surface area contributed by atoms with Crippen LogP contribution in [0.1, 0.15) is 24.1 Å². The fraction of sp³-hybridized carbons (Fsp3) is 0.444. The summed E-state index contributed by atoms with van der Waals surface area (Å²) in [4.78, 5) is 0. The first-order valence-electron chi connectivity index (χ1n) is 5.00. The van der Waals surface area contributed by atoms with Crippen LogP contribution in [0.2, 0.25) is 5.02 Å². The summed E-state index contributed by atoms with van der Waals surface area (Å²) in [5, 5.41) is 12.2. The van der Waals surface area contributed by atoms with Crippen LogP contribution in [-0.2, 0) is 24.1 Å². The maximum absolute atomic E-state index is 11.9. The van der Waals surface area contributed by atoms with Crippen LogP contribution >= 0.6 is 27.5 Å². The second-order valence-electron chi connectivity index (χ2n) is 3.74. The number of rotatable bonds is 2. The predicted octanol–water partition coefficient (Wildman–Crippen LogP) is 1.82. The molecule has 1 atom stereocenters. The van der Waals surface area contributed by atoms with Crippen molar-refractivity contribution in [2.45, 2.75) is 25.7 Å². The van der Waals surface area contributed by atoms with Gasteiger partial charge in [-0.05, 0) is 19.3 Å². The summed E-state index contributed by atoms with van der Waals surface area (Å²) in [6.07, 6.45) is 3.26. The Morgan fingerprint density at radius 1 is 1.41 bits per heavy atom. The van der Waals surface area contributed by atoms with Crippen LogP contribution in [0.5, 0.6) is 0 Å². The van der Waals surface area contributed by atoms with Crippen molar-refractivity contribution in [3.05, 3.63) is 26.1 Å². The van der Waals surface area contributed by atoms with E-state index >= 15 is 0 Å². The largest absolute Gasteiger partial charge is 0.755 e. The molecule has 17 heavy (non-hydrogen) atoms. The lowest BCUT2D eigenvalue weighted by atomic mass is 9.96. The molecule has 1 aromatic heterocycles. The molecular weight excluding hydrogens is 332 g/mol. The SMILES string of the molecule is O=S([O-])Nc1c(Cl)c2c([n+]([O-])c1Br)CCCC2. The van der Waals surface area contributed by atoms with Crippen LogP contribution in [-0.4, -0.2) is 8.76 Å². The van der Waals surface area contributed by atoms with Gasteiger partial charge in [0.25, 0.3) is 4.60 Å². The molecule has 0 bridgehead atoms. The van der Waals surface area contributed by atoms with Crippen molar-refractivity contribution in [1.82, 2.24) is 0 Å². The maximum atomic E-state index is 11.9. The molecule has 2 rings (SSSR count). The van der Waals surface area contributed by atoms with Crippen molar-refractivity contribution >= 4 is 44.5 Å². The lowest BCUT2D eigenvalue weighted by Crippen LogP contribution is -2.37. The minimum atomic E-state index is -2.51. The molecule has 0 amide bonds. The van der Waals surface area contributed by atoms with Crippen molar-refractivity contribution in [3.8, 4) is 0 Å². The van der Waals surface area contributed by atoms with E-state index in [1.807, 2.05) is 0 Å². The molecule has 1 aliphatic carbocycles. The number of pyridine rings is 1. The Morgan fingerprint density at radius 3 is 2.71 bits per heavy atom. The average molecular weight is 341 g/mol. The first-order chi connectivity index (χ1) is 8.02. The smallest absolute Gasteiger partial charge is 0.285 e. The molecule has 1 aliphatic rings. The Morgan fingerprint density at radius 2 is 2.06 bits per heavy atom. The number of nitrogens with one attached hydrogen (secondary N) is 1. The third kappa shape index (κ3) is 2.42. The zero-order valence-electron chi connectivity index (χ0n) is 8.66. The molecule has 1 N–H and O–H groups in total. The fourth-order valence-corrected chi connectivity index (χ4v) is 3.50. The summed E-state index contributed by atoms with van der Waals surface area (Å²) in [5.41, 5.74) is 1.47. The third-order valence-electron chi connectivity index (χ3n) is 2.74. The Bertz CT molecular complexity index is 498. The molecule has 0 aliphatic heterocycles. The van der Waals surface area contributed by atoms with E-state index in [4.69, 9.17) is 11.6 Å². The molecule has 0 fully saturated rings. The minimum absolute atomic E-state index is 0.104. The van der Waals surface area contributed by atoms with Crippen LogP contribution in [0, 0.1) is 5.21 Å². The second-order valence-corrected chi connectivity index (χ2v) is 5.55. The van der Waals surface area contributed by atoms with E-state index in [-0.39, 0.29) is 10.3 Å². The van der Waals surface area contributed by atoms with Crippen LogP contribution in [0.25, 0.3) is 0 Å². The lowest BCUT2D eigenvalue weighted by Gasteiger charge is -2.20. The summed E-state index contributed by atoms with van der Waals surface area (Å²) in [6, 6.07) is 0. The number of hydrogen-bond acceptors (Lipinski definition) is 3. The number of aromatic nitrogens is 1. The summed E-state index contributed by atoms with van der Waals surface area (Å²) >= 11 is 6.69. The van der Waals surface area contributed by atoms with Gasteiger partial charge in [0.1, 0.15) is 5.69 Å². The molecule has 5 nitrogen and oxygen atoms in total. The molecule has 0 saturated carbocycles. The first kappa shape index (κ1) is 13.1. The molecule has 94 valence electrons. The van der Waals surface area contributed by atoms with E-state index in [1.54, 1.807) is 0 Å². The first-order valence-corrected chi connectivity index (χ1v) is 7.25. The van der Waals surface area contributed by atoms with Crippen LogP contribution in [0.15, 0.2) is 4.60 Å². The summed E-state index contributed by atoms with van der Waals surface area (Å²) in [5.74, 6) is 0. The second kappa shape index (κ2) is 5.09. The number of hydrogen-bond donors (Lipinski definition) is 1. The van der Waals surface area contributed by atoms with Crippen LogP contribution < -0.4 is 9.45 Å². The van der Waals surface area contributed by atoms with Crippen LogP contribution in [0.3, 0.4) is 0 Å². The molecule has 8 heteroatoms. The van der Waals surface area contributed by atoms with Gasteiger partial charge in [-0.1, -0.05) is 11.6 Å². The van der Waals surface area contributed by atoms with Crippen molar-refractivity contribution in [1.29, 1.82) is 0 Å². The van der Waals surface area contributed by atoms with Crippen molar-refractivity contribution in [2.75, 3.05) is 4.72 Å². The number of halogens is 2. The number of anilines is 1. The Kier molecular flexibility index (Phi) is 3.92. The van der Waals surface area contributed by atoms with E-state index < -0.39 is 11.3 Å². The van der Waals surface area contributed by atoms with Gasteiger partial charge < -0.3 is 14.5 Å². The van der Waals surface area contributed by atoms with Gasteiger partial charge in [-0.2, -0.15) is 4.73 Å². The zero-order valence-corrected chi connectivity index (χ0v) is 11.8. The molecule has 1 aromatic rings. The Hall–Kier alpha value is -0.370. The molecule has 1 unspecified atom stereocenters. The normalized spacial score (nSPS) is 16.4. The highest BCUT2D eigenvalue weighted by atomic mass is 79.9. The quantitative estimate of drug-likeness (QED) is 0.386. The van der Waals surface area contributed by atoms with Gasteiger partial charge in [-0.15, -0.1) is 0 Å². The van der Waals surface area contributed by atoms with E-state index in [1.165, 1.54) is 0 Å². The van der Waals surface area contributed by atoms with Gasteiger partial charge in [-0.3, -0.25) is 4.21 Å². The van der Waals surface area contributed by atoms with Gasteiger partial charge in [0.2, 0.25) is 0 Å². The predicted molar refractivity (Wildman–Crippen MR) is 67.3 cm³/mol. The van der Waals surface area contributed by atoms with Gasteiger partial charge >= 0.3 is 0 Å². The van der Waals surface area contributed by atoms with Crippen LogP contribution in [0.4, 0.5) is 5.69 Å². The van der Waals surface area contributed by atoms with Gasteiger partial charge in [0.05, 0.1) is 5.02 Å². The highest BCUT2D eigenvalue weighted by Crippen LogP contribution is 2.35. The van der Waals surface area contributed by atoms with E-state index in [0.29, 0.717) is 28.3 Å². The number of nitrogens with zero attached hydrogens (tertiary/aromatic N) is 1. The Labute approximate surface area is 114 Å². The highest BCUT2D eigenvalue weighted by Gasteiger charge is 2.27. The average Bonchev–Trinajstić information content (AvgIpc) is 2.31. The van der Waals surface area contributed by atoms with E-state index in [0.717, 1.165) is 18.4 Å². The molecule has 0 aromatic carbocycles. The minimum Gasteiger partial charge on any atom is -0.755 e. The topological polar surface area (TPSA) is 79.1 Å². The molecule has 0 saturated heterocycles. The van der Waals surface area contributed by atoms with Gasteiger partial charge in [0, 0.05) is 39.2 Å². The van der Waals surface area contributed by atoms with E-state index in [9.17, 15) is 14.0 Å². The number of fused-ring (bicyclic) bond motifs is 1. The summed E-state index contributed by atoms with van der Waals surface area (Å²) < 4.78 is 24.3. The third-order valence-corrected chi connectivity index (χ3v) is 4.24. The summed E-state index contributed by atoms with van der Waals surface area (Å²) in [7, 11) is 0.